The van der Waals surface area contributed by atoms with Crippen molar-refractivity contribution in [2.75, 3.05) is 20.2 Å². The van der Waals surface area contributed by atoms with Crippen LogP contribution in [0.3, 0.4) is 0 Å². The van der Waals surface area contributed by atoms with Crippen molar-refractivity contribution in [3.63, 3.8) is 0 Å². The molecule has 0 radical (unpaired) electrons. The Morgan fingerprint density at radius 2 is 1.90 bits per heavy atom. The lowest BCUT2D eigenvalue weighted by Gasteiger charge is -2.15. The minimum atomic E-state index is 0. The lowest BCUT2D eigenvalue weighted by Crippen LogP contribution is -2.38. The van der Waals surface area contributed by atoms with Gasteiger partial charge in [0.1, 0.15) is 0 Å². The zero-order valence-corrected chi connectivity index (χ0v) is 21.1. The van der Waals surface area contributed by atoms with E-state index >= 15 is 0 Å². The fourth-order valence-corrected chi connectivity index (χ4v) is 3.61. The van der Waals surface area contributed by atoms with Crippen LogP contribution in [-0.2, 0) is 6.54 Å². The highest BCUT2D eigenvalue weighted by Gasteiger charge is 2.08. The van der Waals surface area contributed by atoms with Gasteiger partial charge >= 0.3 is 0 Å². The van der Waals surface area contributed by atoms with Crippen LogP contribution < -0.4 is 20.1 Å². The third-order valence-corrected chi connectivity index (χ3v) is 5.55. The summed E-state index contributed by atoms with van der Waals surface area (Å²) in [6.45, 7) is 6.18. The number of pyridine rings is 1. The first kappa shape index (κ1) is 24.9. The minimum absolute atomic E-state index is 0. The molecule has 3 aromatic rings. The van der Waals surface area contributed by atoms with Crippen molar-refractivity contribution in [2.24, 2.45) is 4.99 Å². The summed E-state index contributed by atoms with van der Waals surface area (Å²) in [7, 11) is 1.77. The molecule has 0 spiro atoms. The van der Waals surface area contributed by atoms with Gasteiger partial charge in [-0.2, -0.15) is 0 Å². The highest BCUT2D eigenvalue weighted by molar-refractivity contribution is 14.0. The number of guanidine groups is 1. The molecule has 1 aromatic carbocycles. The number of rotatable bonds is 9. The van der Waals surface area contributed by atoms with Crippen molar-refractivity contribution in [2.45, 2.75) is 26.3 Å². The van der Waals surface area contributed by atoms with E-state index in [4.69, 9.17) is 9.47 Å². The summed E-state index contributed by atoms with van der Waals surface area (Å²) < 4.78 is 11.5. The van der Waals surface area contributed by atoms with Crippen LogP contribution in [0.15, 0.2) is 65.1 Å². The molecule has 2 N–H and O–H groups in total. The van der Waals surface area contributed by atoms with Crippen molar-refractivity contribution in [1.29, 1.82) is 0 Å². The monoisotopic (exact) mass is 552 g/mol. The number of ether oxygens (including phenoxy) is 2. The van der Waals surface area contributed by atoms with Crippen LogP contribution in [0.2, 0.25) is 0 Å². The number of hydrogen-bond donors (Lipinski definition) is 2. The van der Waals surface area contributed by atoms with Gasteiger partial charge < -0.3 is 20.1 Å². The average molecular weight is 552 g/mol. The third kappa shape index (κ3) is 7.70. The molecule has 1 unspecified atom stereocenters. The Morgan fingerprint density at radius 1 is 1.10 bits per heavy atom. The minimum Gasteiger partial charge on any atom is -0.490 e. The molecule has 0 aliphatic rings. The Hall–Kier alpha value is -2.33. The lowest BCUT2D eigenvalue weighted by atomic mass is 10.1. The van der Waals surface area contributed by atoms with E-state index in [1.807, 2.05) is 43.3 Å². The quantitative estimate of drug-likeness (QED) is 0.211. The van der Waals surface area contributed by atoms with E-state index in [0.29, 0.717) is 36.4 Å². The van der Waals surface area contributed by atoms with E-state index < -0.39 is 0 Å². The van der Waals surface area contributed by atoms with Crippen LogP contribution in [0, 0.1) is 0 Å². The van der Waals surface area contributed by atoms with Gasteiger partial charge in [0.05, 0.1) is 6.61 Å². The van der Waals surface area contributed by atoms with Gasteiger partial charge in [0.2, 0.25) is 5.88 Å². The first-order chi connectivity index (χ1) is 14.7. The SMILES string of the molecule is CCOc1ccccc1Oc1ccc(CNC(=NC)NCC(C)c2cccs2)cn1.I. The van der Waals surface area contributed by atoms with Gasteiger partial charge in [-0.05, 0) is 36.1 Å². The first-order valence-corrected chi connectivity index (χ1v) is 10.9. The summed E-state index contributed by atoms with van der Waals surface area (Å²) in [5, 5.41) is 8.81. The smallest absolute Gasteiger partial charge is 0.219 e. The predicted molar refractivity (Wildman–Crippen MR) is 138 cm³/mol. The van der Waals surface area contributed by atoms with Crippen LogP contribution in [0.5, 0.6) is 17.4 Å². The molecule has 0 fully saturated rings. The van der Waals surface area contributed by atoms with E-state index in [-0.39, 0.29) is 24.0 Å². The standard InChI is InChI=1S/C23H28N4O2S.HI/c1-4-28-19-8-5-6-9-20(19)29-22-12-11-18(15-25-22)16-27-23(24-3)26-14-17(2)21-10-7-13-30-21;/h5-13,15,17H,4,14,16H2,1-3H3,(H2,24,26,27);1H. The van der Waals surface area contributed by atoms with Crippen LogP contribution in [0.4, 0.5) is 0 Å². The topological polar surface area (TPSA) is 67.8 Å². The summed E-state index contributed by atoms with van der Waals surface area (Å²) in [6.07, 6.45) is 1.80. The Labute approximate surface area is 205 Å². The molecule has 0 saturated heterocycles. The number of hydrogen-bond acceptors (Lipinski definition) is 5. The Balaban J connectivity index is 0.00000341. The van der Waals surface area contributed by atoms with E-state index in [0.717, 1.165) is 18.1 Å². The summed E-state index contributed by atoms with van der Waals surface area (Å²) in [5.41, 5.74) is 1.04. The fraction of sp³-hybridized carbons (Fsp3) is 0.304. The van der Waals surface area contributed by atoms with Gasteiger partial charge in [-0.15, -0.1) is 35.3 Å². The number of para-hydroxylation sites is 2. The Bertz CT molecular complexity index is 933. The average Bonchev–Trinajstić information content (AvgIpc) is 3.31. The van der Waals surface area contributed by atoms with Gasteiger partial charge in [-0.3, -0.25) is 4.99 Å². The highest BCUT2D eigenvalue weighted by Crippen LogP contribution is 2.30. The Morgan fingerprint density at radius 3 is 2.55 bits per heavy atom. The predicted octanol–water partition coefficient (Wildman–Crippen LogP) is 5.42. The number of halogens is 1. The molecule has 1 atom stereocenters. The molecular formula is C23H29IN4O2S. The molecular weight excluding hydrogens is 523 g/mol. The zero-order chi connectivity index (χ0) is 21.2. The van der Waals surface area contributed by atoms with E-state index in [2.05, 4.69) is 45.0 Å². The molecule has 2 aromatic heterocycles. The van der Waals surface area contributed by atoms with Gasteiger partial charge in [0.15, 0.2) is 17.5 Å². The van der Waals surface area contributed by atoms with Crippen molar-refractivity contribution in [1.82, 2.24) is 15.6 Å². The van der Waals surface area contributed by atoms with Crippen molar-refractivity contribution >= 4 is 41.3 Å². The summed E-state index contributed by atoms with van der Waals surface area (Å²) in [4.78, 5) is 10.1. The number of nitrogens with one attached hydrogen (secondary N) is 2. The van der Waals surface area contributed by atoms with Gasteiger partial charge in [0.25, 0.3) is 0 Å². The van der Waals surface area contributed by atoms with Crippen LogP contribution in [-0.4, -0.2) is 31.1 Å². The summed E-state index contributed by atoms with van der Waals surface area (Å²) >= 11 is 1.78. The van der Waals surface area contributed by atoms with E-state index in [1.165, 1.54) is 4.88 Å². The van der Waals surface area contributed by atoms with Crippen molar-refractivity contribution in [3.8, 4) is 17.4 Å². The van der Waals surface area contributed by atoms with Crippen LogP contribution >= 0.6 is 35.3 Å². The van der Waals surface area contributed by atoms with Gasteiger partial charge in [0, 0.05) is 43.2 Å². The summed E-state index contributed by atoms with van der Waals surface area (Å²) in [6, 6.07) is 15.7. The second-order valence-corrected chi connectivity index (χ2v) is 7.69. The largest absolute Gasteiger partial charge is 0.490 e. The third-order valence-electron chi connectivity index (χ3n) is 4.45. The molecule has 0 saturated carbocycles. The molecule has 0 aliphatic carbocycles. The van der Waals surface area contributed by atoms with Crippen molar-refractivity contribution in [3.05, 3.63) is 70.5 Å². The number of aliphatic imine (C=N–C) groups is 1. The van der Waals surface area contributed by atoms with E-state index in [9.17, 15) is 0 Å². The number of thiophene rings is 1. The maximum absolute atomic E-state index is 5.87. The molecule has 2 heterocycles. The summed E-state index contributed by atoms with van der Waals surface area (Å²) in [5.74, 6) is 3.09. The molecule has 0 aliphatic heterocycles. The second-order valence-electron chi connectivity index (χ2n) is 6.71. The maximum atomic E-state index is 5.87. The molecule has 166 valence electrons. The molecule has 0 bridgehead atoms. The van der Waals surface area contributed by atoms with Crippen LogP contribution in [0.25, 0.3) is 0 Å². The normalized spacial score (nSPS) is 11.9. The van der Waals surface area contributed by atoms with Gasteiger partial charge in [-0.25, -0.2) is 4.98 Å². The molecule has 0 amide bonds. The molecule has 6 nitrogen and oxygen atoms in total. The number of nitrogens with zero attached hydrogens (tertiary/aromatic N) is 2. The zero-order valence-electron chi connectivity index (χ0n) is 18.0. The highest BCUT2D eigenvalue weighted by atomic mass is 127. The first-order valence-electron chi connectivity index (χ1n) is 10.0. The number of benzene rings is 1. The van der Waals surface area contributed by atoms with Crippen molar-refractivity contribution < 1.29 is 9.47 Å². The van der Waals surface area contributed by atoms with E-state index in [1.54, 1.807) is 24.6 Å². The maximum Gasteiger partial charge on any atom is 0.219 e. The fourth-order valence-electron chi connectivity index (χ4n) is 2.83. The second kappa shape index (κ2) is 13.2. The molecule has 8 heteroatoms. The number of aromatic nitrogens is 1. The lowest BCUT2D eigenvalue weighted by molar-refractivity contribution is 0.319. The Kier molecular flexibility index (Phi) is 10.6. The van der Waals surface area contributed by atoms with Crippen LogP contribution in [0.1, 0.15) is 30.2 Å². The molecule has 31 heavy (non-hydrogen) atoms. The molecule has 3 rings (SSSR count). The van der Waals surface area contributed by atoms with Gasteiger partial charge in [-0.1, -0.05) is 31.2 Å².